The van der Waals surface area contributed by atoms with Crippen molar-refractivity contribution in [3.63, 3.8) is 0 Å². The lowest BCUT2D eigenvalue weighted by Gasteiger charge is -2.14. The number of amides is 1. The number of aromatic carboxylic acids is 1. The number of carboxylic acid groups (broad SMARTS) is 1. The number of carbonyl (C=O) groups excluding carboxylic acids is 1. The zero-order chi connectivity index (χ0) is 21.5. The van der Waals surface area contributed by atoms with Crippen molar-refractivity contribution in [1.29, 1.82) is 0 Å². The van der Waals surface area contributed by atoms with E-state index in [4.69, 9.17) is 4.74 Å². The largest absolute Gasteiger partial charge is 0.478 e. The summed E-state index contributed by atoms with van der Waals surface area (Å²) in [5, 5.41) is 11.9. The molecule has 0 radical (unpaired) electrons. The van der Waals surface area contributed by atoms with Gasteiger partial charge in [-0.3, -0.25) is 9.72 Å². The summed E-state index contributed by atoms with van der Waals surface area (Å²) in [6.07, 6.45) is 0.749. The Hall–Kier alpha value is -3.65. The number of fused-ring (bicyclic) bond motifs is 4. The highest BCUT2D eigenvalue weighted by molar-refractivity contribution is 9.10. The average Bonchev–Trinajstić information content (AvgIpc) is 3.26. The van der Waals surface area contributed by atoms with Crippen LogP contribution in [0.15, 0.2) is 71.5 Å². The van der Waals surface area contributed by atoms with E-state index in [9.17, 15) is 14.7 Å². The molecule has 2 N–H and O–H groups in total. The summed E-state index contributed by atoms with van der Waals surface area (Å²) in [4.78, 5) is 28.2. The normalized spacial score (nSPS) is 12.4. The third-order valence-electron chi connectivity index (χ3n) is 5.39. The van der Waals surface area contributed by atoms with Crippen LogP contribution in [0.1, 0.15) is 27.4 Å². The van der Waals surface area contributed by atoms with Crippen molar-refractivity contribution in [3.05, 3.63) is 88.2 Å². The van der Waals surface area contributed by atoms with Gasteiger partial charge in [-0.2, -0.15) is 0 Å². The molecule has 0 fully saturated rings. The van der Waals surface area contributed by atoms with Gasteiger partial charge in [-0.15, -0.1) is 0 Å². The molecule has 8 heteroatoms. The molecule has 154 valence electrons. The van der Waals surface area contributed by atoms with Crippen LogP contribution in [-0.4, -0.2) is 33.2 Å². The predicted molar refractivity (Wildman–Crippen MR) is 119 cm³/mol. The monoisotopic (exact) mass is 477 g/mol. The molecule has 2 aromatic heterocycles. The van der Waals surface area contributed by atoms with Crippen LogP contribution in [0.2, 0.25) is 0 Å². The molecule has 0 saturated carbocycles. The van der Waals surface area contributed by atoms with Gasteiger partial charge in [-0.05, 0) is 50.3 Å². The number of hydrogen-bond acceptors (Lipinski definition) is 4. The minimum Gasteiger partial charge on any atom is -0.478 e. The van der Waals surface area contributed by atoms with Crippen LogP contribution < -0.4 is 5.32 Å². The molecule has 0 unspecified atom stereocenters. The Labute approximate surface area is 185 Å². The van der Waals surface area contributed by atoms with Gasteiger partial charge in [0.15, 0.2) is 5.82 Å². The zero-order valence-electron chi connectivity index (χ0n) is 16.1. The molecular weight excluding hydrogens is 462 g/mol. The number of ether oxygens (including phenoxy) is 1. The summed E-state index contributed by atoms with van der Waals surface area (Å²) in [6, 6.07) is 19.2. The molecular formula is C23H16BrN3O4. The van der Waals surface area contributed by atoms with E-state index in [1.165, 1.54) is 16.7 Å². The predicted octanol–water partition coefficient (Wildman–Crippen LogP) is 5.16. The summed E-state index contributed by atoms with van der Waals surface area (Å²) in [5.74, 6) is -0.823. The minimum atomic E-state index is -1.07. The number of carbonyl (C=O) groups is 2. The third-order valence-corrected chi connectivity index (χ3v) is 5.94. The number of rotatable bonds is 4. The van der Waals surface area contributed by atoms with Crippen LogP contribution in [0.4, 0.5) is 10.6 Å². The number of imidazole rings is 1. The fraction of sp³-hybridized carbons (Fsp3) is 0.0870. The summed E-state index contributed by atoms with van der Waals surface area (Å²) >= 11 is 3.31. The van der Waals surface area contributed by atoms with E-state index in [0.29, 0.717) is 16.1 Å². The highest BCUT2D eigenvalue weighted by Crippen LogP contribution is 2.44. The Bertz CT molecular complexity index is 1300. The molecule has 1 amide bonds. The molecule has 0 saturated heterocycles. The maximum atomic E-state index is 12.6. The Kier molecular flexibility index (Phi) is 4.71. The van der Waals surface area contributed by atoms with E-state index in [1.54, 1.807) is 6.07 Å². The molecule has 5 rings (SSSR count). The molecule has 2 heterocycles. The summed E-state index contributed by atoms with van der Waals surface area (Å²) in [6.45, 7) is 0.175. The van der Waals surface area contributed by atoms with E-state index in [0.717, 1.165) is 22.3 Å². The third kappa shape index (κ3) is 3.34. The number of halogens is 1. The smallest absolute Gasteiger partial charge is 0.412 e. The second-order valence-electron chi connectivity index (χ2n) is 7.15. The number of nitrogens with zero attached hydrogens (tertiary/aromatic N) is 2. The van der Waals surface area contributed by atoms with Crippen LogP contribution in [-0.2, 0) is 4.74 Å². The molecule has 0 spiro atoms. The topological polar surface area (TPSA) is 92.9 Å². The first kappa shape index (κ1) is 19.3. The van der Waals surface area contributed by atoms with Crippen LogP contribution in [0.3, 0.4) is 0 Å². The molecule has 0 aliphatic heterocycles. The number of anilines is 1. The Morgan fingerprint density at radius 2 is 1.68 bits per heavy atom. The number of hydrogen-bond donors (Lipinski definition) is 2. The van der Waals surface area contributed by atoms with Crippen molar-refractivity contribution in [2.24, 2.45) is 0 Å². The standard InChI is InChI=1S/C23H16BrN3O4/c24-20-21(27-11-13(22(28)29)9-10-19(27)25-20)26-23(30)31-12-18-16-7-3-1-5-14(16)15-6-2-4-8-17(15)18/h1-11,18H,12H2,(H,26,30)(H,28,29). The van der Waals surface area contributed by atoms with Crippen LogP contribution in [0.25, 0.3) is 16.8 Å². The molecule has 4 aromatic rings. The molecule has 1 aliphatic carbocycles. The quantitative estimate of drug-likeness (QED) is 0.423. The minimum absolute atomic E-state index is 0.0533. The van der Waals surface area contributed by atoms with E-state index in [1.807, 2.05) is 24.3 Å². The first-order valence-electron chi connectivity index (χ1n) is 9.56. The second-order valence-corrected chi connectivity index (χ2v) is 7.90. The van der Waals surface area contributed by atoms with Crippen LogP contribution >= 0.6 is 15.9 Å². The van der Waals surface area contributed by atoms with Gasteiger partial charge in [0.1, 0.15) is 16.9 Å². The number of carboxylic acids is 1. The molecule has 31 heavy (non-hydrogen) atoms. The number of aromatic nitrogens is 2. The fourth-order valence-corrected chi connectivity index (χ4v) is 4.46. The Morgan fingerprint density at radius 3 is 2.32 bits per heavy atom. The van der Waals surface area contributed by atoms with E-state index in [2.05, 4.69) is 50.5 Å². The molecule has 1 aliphatic rings. The molecule has 0 bridgehead atoms. The number of nitrogens with one attached hydrogen (secondary N) is 1. The van der Waals surface area contributed by atoms with Crippen molar-refractivity contribution in [2.45, 2.75) is 5.92 Å². The summed E-state index contributed by atoms with van der Waals surface area (Å²) in [7, 11) is 0. The lowest BCUT2D eigenvalue weighted by Crippen LogP contribution is -2.19. The molecule has 2 aromatic carbocycles. The van der Waals surface area contributed by atoms with E-state index in [-0.39, 0.29) is 18.1 Å². The molecule has 0 atom stereocenters. The van der Waals surface area contributed by atoms with Crippen LogP contribution in [0.5, 0.6) is 0 Å². The van der Waals surface area contributed by atoms with Gasteiger partial charge < -0.3 is 9.84 Å². The van der Waals surface area contributed by atoms with Gasteiger partial charge >= 0.3 is 12.1 Å². The van der Waals surface area contributed by atoms with Gasteiger partial charge in [0, 0.05) is 12.1 Å². The Morgan fingerprint density at radius 1 is 1.03 bits per heavy atom. The zero-order valence-corrected chi connectivity index (χ0v) is 17.7. The maximum Gasteiger partial charge on any atom is 0.412 e. The summed E-state index contributed by atoms with van der Waals surface area (Å²) in [5.41, 5.74) is 5.12. The average molecular weight is 478 g/mol. The van der Waals surface area contributed by atoms with Gasteiger partial charge in [-0.1, -0.05) is 48.5 Å². The maximum absolute atomic E-state index is 12.6. The van der Waals surface area contributed by atoms with Gasteiger partial charge in [-0.25, -0.2) is 14.6 Å². The van der Waals surface area contributed by atoms with Gasteiger partial charge in [0.05, 0.1) is 5.56 Å². The van der Waals surface area contributed by atoms with Gasteiger partial charge in [0.2, 0.25) is 0 Å². The van der Waals surface area contributed by atoms with Crippen molar-refractivity contribution < 1.29 is 19.4 Å². The second kappa shape index (κ2) is 7.55. The first-order chi connectivity index (χ1) is 15.0. The van der Waals surface area contributed by atoms with Crippen molar-refractivity contribution in [3.8, 4) is 11.1 Å². The van der Waals surface area contributed by atoms with Crippen LogP contribution in [0, 0.1) is 0 Å². The fourth-order valence-electron chi connectivity index (χ4n) is 3.99. The lowest BCUT2D eigenvalue weighted by molar-refractivity contribution is 0.0696. The summed E-state index contributed by atoms with van der Waals surface area (Å²) < 4.78 is 7.44. The Balaban J connectivity index is 1.37. The van der Waals surface area contributed by atoms with Crippen molar-refractivity contribution in [1.82, 2.24) is 9.38 Å². The van der Waals surface area contributed by atoms with E-state index >= 15 is 0 Å². The SMILES string of the molecule is O=C(Nc1c(Br)nc2ccc(C(=O)O)cn12)OCC1c2ccccc2-c2ccccc21. The molecule has 7 nitrogen and oxygen atoms in total. The van der Waals surface area contributed by atoms with Crippen molar-refractivity contribution in [2.75, 3.05) is 11.9 Å². The lowest BCUT2D eigenvalue weighted by atomic mass is 9.98. The van der Waals surface area contributed by atoms with E-state index < -0.39 is 12.1 Å². The highest BCUT2D eigenvalue weighted by atomic mass is 79.9. The van der Waals surface area contributed by atoms with Crippen molar-refractivity contribution >= 4 is 39.5 Å². The number of benzene rings is 2. The number of pyridine rings is 1. The van der Waals surface area contributed by atoms with Gasteiger partial charge in [0.25, 0.3) is 0 Å². The highest BCUT2D eigenvalue weighted by Gasteiger charge is 2.29. The first-order valence-corrected chi connectivity index (χ1v) is 10.3.